The Morgan fingerprint density at radius 2 is 1.78 bits per heavy atom. The molecule has 2 aromatic rings. The quantitative estimate of drug-likeness (QED) is 0.898. The van der Waals surface area contributed by atoms with Gasteiger partial charge in [0.15, 0.2) is 11.5 Å². The molecule has 0 unspecified atom stereocenters. The van der Waals surface area contributed by atoms with Gasteiger partial charge in [0.2, 0.25) is 0 Å². The van der Waals surface area contributed by atoms with Gasteiger partial charge in [-0.2, -0.15) is 0 Å². The van der Waals surface area contributed by atoms with Gasteiger partial charge in [0.25, 0.3) is 0 Å². The Morgan fingerprint density at radius 3 is 2.57 bits per heavy atom. The van der Waals surface area contributed by atoms with E-state index in [1.54, 1.807) is 24.3 Å². The number of halogens is 1. The molecule has 1 heterocycles. The van der Waals surface area contributed by atoms with Crippen LogP contribution in [0.2, 0.25) is 5.02 Å². The number of urea groups is 1. The Kier molecular flexibility index (Phi) is 4.88. The average molecular weight is 333 g/mol. The molecule has 0 aliphatic carbocycles. The van der Waals surface area contributed by atoms with Crippen molar-refractivity contribution in [1.82, 2.24) is 5.32 Å². The largest absolute Gasteiger partial charge is 0.490 e. The monoisotopic (exact) mass is 332 g/mol. The highest BCUT2D eigenvalue weighted by Crippen LogP contribution is 2.30. The third-order valence-electron chi connectivity index (χ3n) is 3.37. The molecule has 0 fully saturated rings. The summed E-state index contributed by atoms with van der Waals surface area (Å²) in [5.41, 5.74) is 1.63. The van der Waals surface area contributed by atoms with E-state index in [1.807, 2.05) is 18.2 Å². The second-order valence-corrected chi connectivity index (χ2v) is 5.58. The molecule has 0 radical (unpaired) electrons. The van der Waals surface area contributed by atoms with Crippen molar-refractivity contribution in [1.29, 1.82) is 0 Å². The molecule has 23 heavy (non-hydrogen) atoms. The molecule has 2 amide bonds. The van der Waals surface area contributed by atoms with Gasteiger partial charge >= 0.3 is 6.03 Å². The summed E-state index contributed by atoms with van der Waals surface area (Å²) in [6, 6.07) is 12.3. The van der Waals surface area contributed by atoms with Crippen LogP contribution in [0.25, 0.3) is 0 Å². The van der Waals surface area contributed by atoms with Crippen molar-refractivity contribution in [3.05, 3.63) is 53.1 Å². The smallest absolute Gasteiger partial charge is 0.319 e. The average Bonchev–Trinajstić information content (AvgIpc) is 2.80. The van der Waals surface area contributed by atoms with Crippen molar-refractivity contribution < 1.29 is 14.3 Å². The number of anilines is 1. The van der Waals surface area contributed by atoms with Crippen LogP contribution in [-0.2, 0) is 6.54 Å². The summed E-state index contributed by atoms with van der Waals surface area (Å²) in [7, 11) is 0. The highest BCUT2D eigenvalue weighted by molar-refractivity contribution is 6.30. The van der Waals surface area contributed by atoms with Gasteiger partial charge in [-0.3, -0.25) is 0 Å². The summed E-state index contributed by atoms with van der Waals surface area (Å²) in [4.78, 5) is 11.9. The van der Waals surface area contributed by atoms with Crippen molar-refractivity contribution >= 4 is 23.3 Å². The Balaban J connectivity index is 1.56. The molecule has 0 atom stereocenters. The number of benzene rings is 2. The van der Waals surface area contributed by atoms with Crippen LogP contribution in [0, 0.1) is 0 Å². The van der Waals surface area contributed by atoms with Crippen molar-refractivity contribution in [3.8, 4) is 11.5 Å². The molecule has 0 spiro atoms. The number of rotatable bonds is 3. The fourth-order valence-electron chi connectivity index (χ4n) is 2.21. The first-order valence-electron chi connectivity index (χ1n) is 7.40. The maximum absolute atomic E-state index is 11.9. The number of amides is 2. The van der Waals surface area contributed by atoms with Gasteiger partial charge in [0.05, 0.1) is 13.2 Å². The fourth-order valence-corrected chi connectivity index (χ4v) is 2.33. The highest BCUT2D eigenvalue weighted by atomic mass is 35.5. The molecule has 5 nitrogen and oxygen atoms in total. The molecule has 0 bridgehead atoms. The third-order valence-corrected chi connectivity index (χ3v) is 3.62. The predicted molar refractivity (Wildman–Crippen MR) is 89.4 cm³/mol. The summed E-state index contributed by atoms with van der Waals surface area (Å²) in [5.74, 6) is 1.47. The Morgan fingerprint density at radius 1 is 1.04 bits per heavy atom. The molecular weight excluding hydrogens is 316 g/mol. The molecule has 120 valence electrons. The van der Waals surface area contributed by atoms with Gasteiger partial charge in [-0.25, -0.2) is 4.79 Å². The summed E-state index contributed by atoms with van der Waals surface area (Å²) < 4.78 is 11.2. The van der Waals surface area contributed by atoms with Crippen molar-refractivity contribution in [2.24, 2.45) is 0 Å². The molecule has 1 aliphatic heterocycles. The number of carbonyl (C=O) groups is 1. The number of carbonyl (C=O) groups excluding carboxylic acids is 1. The Hall–Kier alpha value is -2.40. The molecule has 3 rings (SSSR count). The number of ether oxygens (including phenoxy) is 2. The van der Waals surface area contributed by atoms with Gasteiger partial charge in [-0.05, 0) is 42.0 Å². The standard InChI is InChI=1S/C17H17ClN2O3/c18-13-3-5-14(6-4-13)20-17(21)19-11-12-2-7-15-16(10-12)23-9-1-8-22-15/h2-7,10H,1,8-9,11H2,(H2,19,20,21). The normalized spacial score (nSPS) is 13.1. The van der Waals surface area contributed by atoms with E-state index in [4.69, 9.17) is 21.1 Å². The van der Waals surface area contributed by atoms with Crippen LogP contribution in [0.3, 0.4) is 0 Å². The van der Waals surface area contributed by atoms with Gasteiger partial charge in [0.1, 0.15) is 0 Å². The van der Waals surface area contributed by atoms with Crippen LogP contribution in [0.5, 0.6) is 11.5 Å². The zero-order valence-corrected chi connectivity index (χ0v) is 13.2. The molecule has 6 heteroatoms. The van der Waals surface area contributed by atoms with Crippen LogP contribution in [0.1, 0.15) is 12.0 Å². The Bertz CT molecular complexity index is 689. The molecular formula is C17H17ClN2O3. The third kappa shape index (κ3) is 4.29. The summed E-state index contributed by atoms with van der Waals surface area (Å²) in [6.07, 6.45) is 0.867. The lowest BCUT2D eigenvalue weighted by atomic mass is 10.2. The van der Waals surface area contributed by atoms with Gasteiger partial charge in [-0.15, -0.1) is 0 Å². The SMILES string of the molecule is O=C(NCc1ccc2c(c1)OCCCO2)Nc1ccc(Cl)cc1. The number of hydrogen-bond acceptors (Lipinski definition) is 3. The molecule has 0 saturated carbocycles. The van der Waals surface area contributed by atoms with E-state index in [9.17, 15) is 4.79 Å². The van der Waals surface area contributed by atoms with Crippen LogP contribution in [-0.4, -0.2) is 19.2 Å². The van der Waals surface area contributed by atoms with Gasteiger partial charge < -0.3 is 20.1 Å². The van der Waals surface area contributed by atoms with Crippen molar-refractivity contribution in [3.63, 3.8) is 0 Å². The van der Waals surface area contributed by atoms with Crippen LogP contribution < -0.4 is 20.1 Å². The summed E-state index contributed by atoms with van der Waals surface area (Å²) in [6.45, 7) is 1.70. The number of hydrogen-bond donors (Lipinski definition) is 2. The highest BCUT2D eigenvalue weighted by Gasteiger charge is 2.11. The molecule has 0 saturated heterocycles. The minimum absolute atomic E-state index is 0.278. The second kappa shape index (κ2) is 7.24. The van der Waals surface area contributed by atoms with Crippen molar-refractivity contribution in [2.45, 2.75) is 13.0 Å². The van der Waals surface area contributed by atoms with Gasteiger partial charge in [0, 0.05) is 23.7 Å². The van der Waals surface area contributed by atoms with E-state index in [-0.39, 0.29) is 6.03 Å². The van der Waals surface area contributed by atoms with Crippen molar-refractivity contribution in [2.75, 3.05) is 18.5 Å². The van der Waals surface area contributed by atoms with Crippen LogP contribution in [0.4, 0.5) is 10.5 Å². The lowest BCUT2D eigenvalue weighted by Crippen LogP contribution is -2.28. The lowest BCUT2D eigenvalue weighted by molar-refractivity contribution is 0.251. The minimum atomic E-state index is -0.278. The summed E-state index contributed by atoms with van der Waals surface area (Å²) in [5, 5.41) is 6.18. The van der Waals surface area contributed by atoms with Crippen LogP contribution >= 0.6 is 11.6 Å². The van der Waals surface area contributed by atoms with E-state index < -0.39 is 0 Å². The van der Waals surface area contributed by atoms with E-state index in [0.717, 1.165) is 23.5 Å². The van der Waals surface area contributed by atoms with Gasteiger partial charge in [-0.1, -0.05) is 17.7 Å². The molecule has 1 aliphatic rings. The first-order chi connectivity index (χ1) is 11.2. The van der Waals surface area contributed by atoms with E-state index >= 15 is 0 Å². The zero-order valence-electron chi connectivity index (χ0n) is 12.5. The second-order valence-electron chi connectivity index (χ2n) is 5.15. The van der Waals surface area contributed by atoms with E-state index in [0.29, 0.717) is 30.5 Å². The zero-order chi connectivity index (χ0) is 16.1. The summed E-state index contributed by atoms with van der Waals surface area (Å²) >= 11 is 5.81. The minimum Gasteiger partial charge on any atom is -0.490 e. The first-order valence-corrected chi connectivity index (χ1v) is 7.77. The van der Waals surface area contributed by atoms with E-state index in [2.05, 4.69) is 10.6 Å². The Labute approximate surface area is 139 Å². The topological polar surface area (TPSA) is 59.6 Å². The first kappa shape index (κ1) is 15.5. The molecule has 2 N–H and O–H groups in total. The number of fused-ring (bicyclic) bond motifs is 1. The molecule has 2 aromatic carbocycles. The van der Waals surface area contributed by atoms with E-state index in [1.165, 1.54) is 0 Å². The molecule has 0 aromatic heterocycles. The maximum atomic E-state index is 11.9. The lowest BCUT2D eigenvalue weighted by Gasteiger charge is -2.11. The predicted octanol–water partition coefficient (Wildman–Crippen LogP) is 3.82. The van der Waals surface area contributed by atoms with Crippen LogP contribution in [0.15, 0.2) is 42.5 Å². The number of nitrogens with one attached hydrogen (secondary N) is 2. The fraction of sp³-hybridized carbons (Fsp3) is 0.235. The maximum Gasteiger partial charge on any atom is 0.319 e.